The Morgan fingerprint density at radius 1 is 1.35 bits per heavy atom. The van der Waals surface area contributed by atoms with Crippen LogP contribution in [0.3, 0.4) is 0 Å². The Morgan fingerprint density at radius 3 is 2.70 bits per heavy atom. The molecule has 0 aliphatic heterocycles. The van der Waals surface area contributed by atoms with Gasteiger partial charge in [-0.05, 0) is 46.6 Å². The number of amides is 1. The molecule has 1 amide bonds. The van der Waals surface area contributed by atoms with Gasteiger partial charge in [-0.2, -0.15) is 0 Å². The molecule has 2 aromatic rings. The van der Waals surface area contributed by atoms with Gasteiger partial charge in [0.2, 0.25) is 0 Å². The van der Waals surface area contributed by atoms with Gasteiger partial charge in [0.05, 0.1) is 4.92 Å². The molecule has 1 heterocycles. The van der Waals surface area contributed by atoms with E-state index in [0.29, 0.717) is 5.82 Å². The molecule has 7 heteroatoms. The molecule has 1 aromatic carbocycles. The summed E-state index contributed by atoms with van der Waals surface area (Å²) in [5.41, 5.74) is 0.550. The minimum absolute atomic E-state index is 0.0136. The average Bonchev–Trinajstić information content (AvgIpc) is 2.41. The van der Waals surface area contributed by atoms with E-state index in [9.17, 15) is 14.9 Å². The number of carbonyl (C=O) groups excluding carboxylic acids is 1. The van der Waals surface area contributed by atoms with E-state index in [4.69, 9.17) is 0 Å². The summed E-state index contributed by atoms with van der Waals surface area (Å²) in [7, 11) is 0. The van der Waals surface area contributed by atoms with Crippen LogP contribution in [-0.2, 0) is 0 Å². The summed E-state index contributed by atoms with van der Waals surface area (Å²) >= 11 is 3.23. The number of nitro benzene ring substituents is 1. The Kier molecular flexibility index (Phi) is 4.09. The third-order valence-electron chi connectivity index (χ3n) is 2.56. The maximum atomic E-state index is 12.1. The second kappa shape index (κ2) is 5.79. The molecule has 0 unspecified atom stereocenters. The first-order chi connectivity index (χ1) is 9.47. The van der Waals surface area contributed by atoms with Crippen LogP contribution >= 0.6 is 15.9 Å². The first-order valence-electron chi connectivity index (χ1n) is 5.65. The fourth-order valence-corrected chi connectivity index (χ4v) is 1.86. The lowest BCUT2D eigenvalue weighted by Crippen LogP contribution is -2.15. The molecule has 1 N–H and O–H groups in total. The number of rotatable bonds is 3. The second-order valence-corrected chi connectivity index (χ2v) is 5.01. The molecule has 0 aliphatic carbocycles. The summed E-state index contributed by atoms with van der Waals surface area (Å²) in [6, 6.07) is 7.70. The maximum Gasteiger partial charge on any atom is 0.282 e. The highest BCUT2D eigenvalue weighted by atomic mass is 79.9. The van der Waals surface area contributed by atoms with Crippen LogP contribution in [0.25, 0.3) is 0 Å². The molecule has 20 heavy (non-hydrogen) atoms. The summed E-state index contributed by atoms with van der Waals surface area (Å²) in [5.74, 6) is -0.232. The predicted octanol–water partition coefficient (Wildman–Crippen LogP) is 3.31. The first-order valence-corrected chi connectivity index (χ1v) is 6.44. The minimum atomic E-state index is -0.580. The zero-order chi connectivity index (χ0) is 14.7. The van der Waals surface area contributed by atoms with Gasteiger partial charge in [0.25, 0.3) is 11.6 Å². The van der Waals surface area contributed by atoms with Crippen LogP contribution in [-0.4, -0.2) is 15.8 Å². The highest BCUT2D eigenvalue weighted by Gasteiger charge is 2.20. The first kappa shape index (κ1) is 14.1. The van der Waals surface area contributed by atoms with Crippen LogP contribution < -0.4 is 5.32 Å². The molecule has 0 spiro atoms. The molecule has 0 fully saturated rings. The van der Waals surface area contributed by atoms with E-state index in [1.807, 2.05) is 0 Å². The lowest BCUT2D eigenvalue weighted by Gasteiger charge is -2.06. The number of aryl methyl sites for hydroxylation is 1. The highest BCUT2D eigenvalue weighted by Crippen LogP contribution is 2.21. The second-order valence-electron chi connectivity index (χ2n) is 4.09. The van der Waals surface area contributed by atoms with E-state index in [0.717, 1.165) is 10.0 Å². The van der Waals surface area contributed by atoms with Crippen molar-refractivity contribution in [1.29, 1.82) is 0 Å². The van der Waals surface area contributed by atoms with Crippen molar-refractivity contribution in [3.8, 4) is 0 Å². The molecule has 0 radical (unpaired) electrons. The van der Waals surface area contributed by atoms with Gasteiger partial charge in [0, 0.05) is 16.7 Å². The van der Waals surface area contributed by atoms with Crippen LogP contribution in [0.4, 0.5) is 11.5 Å². The van der Waals surface area contributed by atoms with Crippen LogP contribution in [0.15, 0.2) is 41.0 Å². The molecule has 6 nitrogen and oxygen atoms in total. The number of halogens is 1. The number of hydrogen-bond donors (Lipinski definition) is 1. The van der Waals surface area contributed by atoms with Crippen LogP contribution in [0.2, 0.25) is 0 Å². The van der Waals surface area contributed by atoms with E-state index >= 15 is 0 Å². The van der Waals surface area contributed by atoms with E-state index in [-0.39, 0.29) is 11.3 Å². The molecule has 0 bridgehead atoms. The third-order valence-corrected chi connectivity index (χ3v) is 3.03. The molecule has 2 rings (SSSR count). The van der Waals surface area contributed by atoms with Gasteiger partial charge in [0.1, 0.15) is 11.4 Å². The van der Waals surface area contributed by atoms with Crippen molar-refractivity contribution in [3.05, 3.63) is 62.2 Å². The van der Waals surface area contributed by atoms with Crippen molar-refractivity contribution in [2.45, 2.75) is 6.92 Å². The fourth-order valence-electron chi connectivity index (χ4n) is 1.62. The zero-order valence-electron chi connectivity index (χ0n) is 10.5. The summed E-state index contributed by atoms with van der Waals surface area (Å²) in [5, 5.41) is 13.5. The summed E-state index contributed by atoms with van der Waals surface area (Å²) in [6.07, 6.45) is 1.53. The van der Waals surface area contributed by atoms with E-state index < -0.39 is 10.8 Å². The monoisotopic (exact) mass is 335 g/mol. The Hall–Kier alpha value is -2.28. The zero-order valence-corrected chi connectivity index (χ0v) is 12.0. The van der Waals surface area contributed by atoms with Gasteiger partial charge < -0.3 is 5.32 Å². The fraction of sp³-hybridized carbons (Fsp3) is 0.0769. The molecule has 0 saturated heterocycles. The number of hydrogen-bond acceptors (Lipinski definition) is 4. The highest BCUT2D eigenvalue weighted by molar-refractivity contribution is 9.10. The Balaban J connectivity index is 2.31. The van der Waals surface area contributed by atoms with Crippen molar-refractivity contribution in [2.75, 3.05) is 5.32 Å². The van der Waals surface area contributed by atoms with Gasteiger partial charge in [0.15, 0.2) is 0 Å². The average molecular weight is 336 g/mol. The molecular weight excluding hydrogens is 326 g/mol. The lowest BCUT2D eigenvalue weighted by atomic mass is 10.1. The third kappa shape index (κ3) is 3.18. The van der Waals surface area contributed by atoms with Gasteiger partial charge in [-0.15, -0.1) is 0 Å². The summed E-state index contributed by atoms with van der Waals surface area (Å²) < 4.78 is 0.775. The summed E-state index contributed by atoms with van der Waals surface area (Å²) in [6.45, 7) is 1.76. The van der Waals surface area contributed by atoms with Crippen molar-refractivity contribution >= 4 is 33.3 Å². The van der Waals surface area contributed by atoms with Crippen molar-refractivity contribution in [1.82, 2.24) is 4.98 Å². The summed E-state index contributed by atoms with van der Waals surface area (Å²) in [4.78, 5) is 26.5. The predicted molar refractivity (Wildman–Crippen MR) is 77.7 cm³/mol. The molecule has 0 saturated carbocycles. The normalized spacial score (nSPS) is 10.1. The molecule has 0 atom stereocenters. The quantitative estimate of drug-likeness (QED) is 0.688. The van der Waals surface area contributed by atoms with Gasteiger partial charge in [-0.25, -0.2) is 4.98 Å². The van der Waals surface area contributed by atoms with E-state index in [1.165, 1.54) is 18.3 Å². The minimum Gasteiger partial charge on any atom is -0.306 e. The number of aromatic nitrogens is 1. The number of pyridine rings is 1. The van der Waals surface area contributed by atoms with Gasteiger partial charge >= 0.3 is 0 Å². The smallest absolute Gasteiger partial charge is 0.282 e. The number of nitrogens with zero attached hydrogens (tertiary/aromatic N) is 2. The molecular formula is C13H10BrN3O3. The number of anilines is 1. The van der Waals surface area contributed by atoms with Crippen molar-refractivity contribution in [2.24, 2.45) is 0 Å². The number of benzene rings is 1. The Bertz CT molecular complexity index is 671. The van der Waals surface area contributed by atoms with Gasteiger partial charge in [-0.1, -0.05) is 6.07 Å². The molecule has 1 aromatic heterocycles. The topological polar surface area (TPSA) is 85.1 Å². The van der Waals surface area contributed by atoms with Crippen LogP contribution in [0, 0.1) is 17.0 Å². The maximum absolute atomic E-state index is 12.1. The molecule has 102 valence electrons. The Morgan fingerprint density at radius 2 is 2.10 bits per heavy atom. The SMILES string of the molecule is Cc1ccc([N+](=O)[O-])c(C(=O)Nc2ccc(Br)cn2)c1. The van der Waals surface area contributed by atoms with Crippen LogP contribution in [0.1, 0.15) is 15.9 Å². The number of nitro groups is 1. The lowest BCUT2D eigenvalue weighted by molar-refractivity contribution is -0.385. The van der Waals surface area contributed by atoms with Gasteiger partial charge in [-0.3, -0.25) is 14.9 Å². The Labute approximate surface area is 123 Å². The van der Waals surface area contributed by atoms with Crippen molar-refractivity contribution in [3.63, 3.8) is 0 Å². The number of carbonyl (C=O) groups is 1. The van der Waals surface area contributed by atoms with Crippen LogP contribution in [0.5, 0.6) is 0 Å². The molecule has 0 aliphatic rings. The standard InChI is InChI=1S/C13H10BrN3O3/c1-8-2-4-11(17(19)20)10(6-8)13(18)16-12-5-3-9(14)7-15-12/h2-7H,1H3,(H,15,16,18). The van der Waals surface area contributed by atoms with Crippen molar-refractivity contribution < 1.29 is 9.72 Å². The number of nitrogens with one attached hydrogen (secondary N) is 1. The van der Waals surface area contributed by atoms with E-state index in [2.05, 4.69) is 26.2 Å². The van der Waals surface area contributed by atoms with E-state index in [1.54, 1.807) is 25.1 Å². The largest absolute Gasteiger partial charge is 0.306 e.